The van der Waals surface area contributed by atoms with Crippen LogP contribution < -0.4 is 5.32 Å². The number of nitrogens with zero attached hydrogens (tertiary/aromatic N) is 1. The summed E-state index contributed by atoms with van der Waals surface area (Å²) >= 11 is 7.41. The Balaban J connectivity index is 1.97. The fourth-order valence-corrected chi connectivity index (χ4v) is 3.36. The Morgan fingerprint density at radius 1 is 1.29 bits per heavy atom. The SMILES string of the molecule is COC(=O)c1ccc(C)c(NC(=O)CN(C)Cc2ccc(Cl)s2)c1. The van der Waals surface area contributed by atoms with Crippen LogP contribution in [0.2, 0.25) is 4.34 Å². The number of amides is 1. The maximum atomic E-state index is 12.2. The van der Waals surface area contributed by atoms with Gasteiger partial charge in [0.25, 0.3) is 0 Å². The number of benzene rings is 1. The van der Waals surface area contributed by atoms with Crippen molar-refractivity contribution in [3.8, 4) is 0 Å². The maximum Gasteiger partial charge on any atom is 0.337 e. The molecule has 0 saturated heterocycles. The number of ether oxygens (including phenoxy) is 1. The van der Waals surface area contributed by atoms with Gasteiger partial charge in [-0.05, 0) is 43.8 Å². The first-order valence-electron chi connectivity index (χ1n) is 7.30. The van der Waals surface area contributed by atoms with E-state index in [1.807, 2.05) is 31.0 Å². The van der Waals surface area contributed by atoms with E-state index in [-0.39, 0.29) is 12.5 Å². The Bertz CT molecular complexity index is 745. The lowest BCUT2D eigenvalue weighted by Gasteiger charge is -2.16. The van der Waals surface area contributed by atoms with E-state index < -0.39 is 5.97 Å². The van der Waals surface area contributed by atoms with E-state index in [0.717, 1.165) is 14.8 Å². The highest BCUT2D eigenvalue weighted by molar-refractivity contribution is 7.16. The molecule has 0 fully saturated rings. The van der Waals surface area contributed by atoms with Crippen molar-refractivity contribution in [1.82, 2.24) is 4.90 Å². The van der Waals surface area contributed by atoms with E-state index in [1.165, 1.54) is 18.4 Å². The third-order valence-corrected chi connectivity index (χ3v) is 4.62. The third-order valence-electron chi connectivity index (χ3n) is 3.40. The van der Waals surface area contributed by atoms with E-state index in [9.17, 15) is 9.59 Å². The average Bonchev–Trinajstić information content (AvgIpc) is 2.93. The second-order valence-corrected chi connectivity index (χ2v) is 7.25. The van der Waals surface area contributed by atoms with Gasteiger partial charge in [-0.25, -0.2) is 4.79 Å². The molecular formula is C17H19ClN2O3S. The molecule has 0 spiro atoms. The highest BCUT2D eigenvalue weighted by Gasteiger charge is 2.12. The quantitative estimate of drug-likeness (QED) is 0.794. The van der Waals surface area contributed by atoms with E-state index in [1.54, 1.807) is 18.2 Å². The van der Waals surface area contributed by atoms with Crippen LogP contribution in [0.5, 0.6) is 0 Å². The summed E-state index contributed by atoms with van der Waals surface area (Å²) in [7, 11) is 3.19. The van der Waals surface area contributed by atoms with Gasteiger partial charge in [-0.2, -0.15) is 0 Å². The number of carbonyl (C=O) groups is 2. The van der Waals surface area contributed by atoms with Crippen molar-refractivity contribution in [2.45, 2.75) is 13.5 Å². The molecule has 1 aromatic heterocycles. The topological polar surface area (TPSA) is 58.6 Å². The Morgan fingerprint density at radius 3 is 2.67 bits per heavy atom. The Morgan fingerprint density at radius 2 is 2.04 bits per heavy atom. The van der Waals surface area contributed by atoms with Gasteiger partial charge in [0.05, 0.1) is 23.6 Å². The number of esters is 1. The number of carbonyl (C=O) groups excluding carboxylic acids is 2. The number of thiophene rings is 1. The van der Waals surface area contributed by atoms with Gasteiger partial charge >= 0.3 is 5.97 Å². The maximum absolute atomic E-state index is 12.2. The molecule has 2 aromatic rings. The second-order valence-electron chi connectivity index (χ2n) is 5.45. The van der Waals surface area contributed by atoms with Crippen molar-refractivity contribution in [2.24, 2.45) is 0 Å². The Labute approximate surface area is 150 Å². The molecule has 0 bridgehead atoms. The summed E-state index contributed by atoms with van der Waals surface area (Å²) in [6.45, 7) is 2.75. The van der Waals surface area contributed by atoms with Gasteiger partial charge in [-0.15, -0.1) is 11.3 Å². The first-order chi connectivity index (χ1) is 11.4. The minimum atomic E-state index is -0.433. The van der Waals surface area contributed by atoms with Gasteiger partial charge in [0.1, 0.15) is 0 Å². The summed E-state index contributed by atoms with van der Waals surface area (Å²) in [5, 5.41) is 2.84. The molecule has 0 aliphatic rings. The molecule has 1 aromatic carbocycles. The van der Waals surface area contributed by atoms with Crippen molar-refractivity contribution in [1.29, 1.82) is 0 Å². The molecule has 1 N–H and O–H groups in total. The number of nitrogens with one attached hydrogen (secondary N) is 1. The predicted octanol–water partition coefficient (Wildman–Crippen LogP) is 3.57. The predicted molar refractivity (Wildman–Crippen MR) is 96.8 cm³/mol. The molecule has 0 aliphatic heterocycles. The summed E-state index contributed by atoms with van der Waals surface area (Å²) < 4.78 is 5.43. The van der Waals surface area contributed by atoms with E-state index in [4.69, 9.17) is 16.3 Å². The van der Waals surface area contributed by atoms with Crippen LogP contribution in [0.25, 0.3) is 0 Å². The normalized spacial score (nSPS) is 10.7. The van der Waals surface area contributed by atoms with Crippen LogP contribution in [-0.2, 0) is 16.1 Å². The second kappa shape index (κ2) is 8.28. The van der Waals surface area contributed by atoms with Gasteiger partial charge < -0.3 is 10.1 Å². The molecule has 7 heteroatoms. The number of likely N-dealkylation sites (N-methyl/N-ethyl adjacent to an activating group) is 1. The lowest BCUT2D eigenvalue weighted by molar-refractivity contribution is -0.117. The molecule has 0 atom stereocenters. The summed E-state index contributed by atoms with van der Waals surface area (Å²) in [5.41, 5.74) is 1.89. The number of methoxy groups -OCH3 is 1. The molecule has 24 heavy (non-hydrogen) atoms. The van der Waals surface area contributed by atoms with Crippen LogP contribution >= 0.6 is 22.9 Å². The van der Waals surface area contributed by atoms with Crippen LogP contribution in [0.1, 0.15) is 20.8 Å². The molecule has 128 valence electrons. The molecule has 0 aliphatic carbocycles. The van der Waals surface area contributed by atoms with Gasteiger partial charge in [-0.3, -0.25) is 9.69 Å². The van der Waals surface area contributed by atoms with Crippen LogP contribution in [0.15, 0.2) is 30.3 Å². The van der Waals surface area contributed by atoms with Crippen molar-refractivity contribution in [2.75, 3.05) is 26.0 Å². The summed E-state index contributed by atoms with van der Waals surface area (Å²) in [6, 6.07) is 8.86. The van der Waals surface area contributed by atoms with Crippen molar-refractivity contribution < 1.29 is 14.3 Å². The van der Waals surface area contributed by atoms with Crippen LogP contribution in [-0.4, -0.2) is 37.5 Å². The minimum Gasteiger partial charge on any atom is -0.465 e. The highest BCUT2D eigenvalue weighted by atomic mass is 35.5. The Hall–Kier alpha value is -1.89. The number of hydrogen-bond donors (Lipinski definition) is 1. The molecular weight excluding hydrogens is 348 g/mol. The van der Waals surface area contributed by atoms with Crippen LogP contribution in [0.3, 0.4) is 0 Å². The van der Waals surface area contributed by atoms with Crippen molar-refractivity contribution in [3.63, 3.8) is 0 Å². The van der Waals surface area contributed by atoms with Crippen molar-refractivity contribution in [3.05, 3.63) is 50.7 Å². The zero-order chi connectivity index (χ0) is 17.7. The molecule has 1 heterocycles. The van der Waals surface area contributed by atoms with Gasteiger partial charge in [0.2, 0.25) is 5.91 Å². The van der Waals surface area contributed by atoms with Gasteiger partial charge in [0, 0.05) is 17.1 Å². The molecule has 5 nitrogen and oxygen atoms in total. The monoisotopic (exact) mass is 366 g/mol. The fraction of sp³-hybridized carbons (Fsp3) is 0.294. The first-order valence-corrected chi connectivity index (χ1v) is 8.50. The Kier molecular flexibility index (Phi) is 6.36. The lowest BCUT2D eigenvalue weighted by atomic mass is 10.1. The number of halogens is 1. The number of rotatable bonds is 6. The third kappa shape index (κ3) is 5.06. The molecule has 0 saturated carbocycles. The molecule has 1 amide bonds. The first kappa shape index (κ1) is 18.4. The zero-order valence-corrected chi connectivity index (χ0v) is 15.3. The molecule has 0 radical (unpaired) electrons. The van der Waals surface area contributed by atoms with Crippen molar-refractivity contribution >= 4 is 40.5 Å². The standard InChI is InChI=1S/C17H19ClN2O3S/c1-11-4-5-12(17(22)23-3)8-14(11)19-16(21)10-20(2)9-13-6-7-15(18)24-13/h4-8H,9-10H2,1-3H3,(H,19,21). The summed E-state index contributed by atoms with van der Waals surface area (Å²) in [4.78, 5) is 26.8. The number of anilines is 1. The van der Waals surface area contributed by atoms with E-state index in [0.29, 0.717) is 17.8 Å². The average molecular weight is 367 g/mol. The largest absolute Gasteiger partial charge is 0.465 e. The smallest absolute Gasteiger partial charge is 0.337 e. The minimum absolute atomic E-state index is 0.148. The molecule has 2 rings (SSSR count). The van der Waals surface area contributed by atoms with Gasteiger partial charge in [-0.1, -0.05) is 17.7 Å². The van der Waals surface area contributed by atoms with E-state index in [2.05, 4.69) is 5.32 Å². The van der Waals surface area contributed by atoms with Crippen LogP contribution in [0, 0.1) is 6.92 Å². The van der Waals surface area contributed by atoms with Crippen LogP contribution in [0.4, 0.5) is 5.69 Å². The summed E-state index contributed by atoms with van der Waals surface area (Å²) in [6.07, 6.45) is 0. The summed E-state index contributed by atoms with van der Waals surface area (Å²) in [5.74, 6) is -0.581. The number of hydrogen-bond acceptors (Lipinski definition) is 5. The lowest BCUT2D eigenvalue weighted by Crippen LogP contribution is -2.29. The highest BCUT2D eigenvalue weighted by Crippen LogP contribution is 2.22. The zero-order valence-electron chi connectivity index (χ0n) is 13.8. The number of aryl methyl sites for hydroxylation is 1. The molecule has 0 unspecified atom stereocenters. The van der Waals surface area contributed by atoms with E-state index >= 15 is 0 Å². The van der Waals surface area contributed by atoms with Gasteiger partial charge in [0.15, 0.2) is 0 Å². The fourth-order valence-electron chi connectivity index (χ4n) is 2.20.